The molecular formula is C59H67N7O12S2. The number of ether oxygens (including phenoxy) is 8. The third-order valence-corrected chi connectivity index (χ3v) is 15.6. The van der Waals surface area contributed by atoms with Gasteiger partial charge in [-0.1, -0.05) is 53.0 Å². The molecule has 4 amide bonds. The predicted molar refractivity (Wildman–Crippen MR) is 307 cm³/mol. The van der Waals surface area contributed by atoms with E-state index in [0.29, 0.717) is 124 Å². The minimum atomic E-state index is -0.488. The summed E-state index contributed by atoms with van der Waals surface area (Å²) in [5, 5.41) is 6.51. The van der Waals surface area contributed by atoms with E-state index in [4.69, 9.17) is 42.9 Å². The average Bonchev–Trinajstić information content (AvgIpc) is 3.97. The second kappa shape index (κ2) is 29.9. The molecule has 0 radical (unpaired) electrons. The van der Waals surface area contributed by atoms with Gasteiger partial charge in [0.15, 0.2) is 11.5 Å². The van der Waals surface area contributed by atoms with Gasteiger partial charge in [0.25, 0.3) is 11.8 Å². The molecule has 4 aromatic rings. The molecule has 3 aromatic carbocycles. The van der Waals surface area contributed by atoms with Gasteiger partial charge in [-0.2, -0.15) is 0 Å². The Morgan fingerprint density at radius 2 is 1.35 bits per heavy atom. The van der Waals surface area contributed by atoms with Crippen LogP contribution < -0.4 is 24.8 Å². The van der Waals surface area contributed by atoms with Crippen LogP contribution in [-0.4, -0.2) is 161 Å². The SMILES string of the molecule is C=C1C[C@H]2C=Nc3cc(OCc4cc(C#CCNC(=O)CCOCCOCCOCCOCCNC(=O)OCC(C)SSc5ccccn5)cc(COc5cc6c(cc5OC)C(=O)N5CC(=C)C[C@H]5C=N6)c4)c(C)cc3C(=O)N2C1. The van der Waals surface area contributed by atoms with Crippen LogP contribution in [0.5, 0.6) is 17.2 Å². The van der Waals surface area contributed by atoms with E-state index in [9.17, 15) is 19.2 Å². The maximum atomic E-state index is 13.6. The number of carbonyl (C=O) groups is 4. The van der Waals surface area contributed by atoms with Crippen molar-refractivity contribution in [1.29, 1.82) is 0 Å². The van der Waals surface area contributed by atoms with Crippen LogP contribution in [0.1, 0.15) is 69.2 Å². The number of carbonyl (C=O) groups excluding carboxylic acids is 4. The molecule has 4 aliphatic rings. The number of rotatable bonds is 28. The number of nitrogens with zero attached hydrogens (tertiary/aromatic N) is 5. The van der Waals surface area contributed by atoms with E-state index in [-0.39, 0.29) is 74.4 Å². The Bertz CT molecular complexity index is 3000. The Kier molecular flexibility index (Phi) is 22.0. The number of hydrogen-bond acceptors (Lipinski definition) is 17. The van der Waals surface area contributed by atoms with Crippen LogP contribution in [0, 0.1) is 18.8 Å². The zero-order chi connectivity index (χ0) is 56.2. The van der Waals surface area contributed by atoms with E-state index in [2.05, 4.69) is 45.6 Å². The molecule has 0 bridgehead atoms. The molecule has 5 heterocycles. The normalized spacial score (nSPS) is 16.4. The molecule has 8 rings (SSSR count). The van der Waals surface area contributed by atoms with Crippen molar-refractivity contribution in [1.82, 2.24) is 25.4 Å². The number of hydrogen-bond donors (Lipinski definition) is 2. The van der Waals surface area contributed by atoms with Crippen molar-refractivity contribution >= 4 is 69.2 Å². The van der Waals surface area contributed by atoms with Crippen molar-refractivity contribution in [2.45, 2.75) is 68.7 Å². The molecule has 0 aliphatic carbocycles. The first-order chi connectivity index (χ1) is 38.9. The number of aryl methyl sites for hydroxylation is 1. The number of fused-ring (bicyclic) bond motifs is 4. The number of methoxy groups -OCH3 is 1. The number of alkyl carbamates (subject to hydrolysis) is 1. The molecule has 0 saturated carbocycles. The van der Waals surface area contributed by atoms with Crippen molar-refractivity contribution in [2.24, 2.45) is 9.98 Å². The Balaban J connectivity index is 0.753. The summed E-state index contributed by atoms with van der Waals surface area (Å²) >= 11 is 0. The Morgan fingerprint density at radius 1 is 0.750 bits per heavy atom. The lowest BCUT2D eigenvalue weighted by Crippen LogP contribution is -2.35. The highest BCUT2D eigenvalue weighted by Gasteiger charge is 2.35. The zero-order valence-electron chi connectivity index (χ0n) is 45.3. The lowest BCUT2D eigenvalue weighted by atomic mass is 10.1. The molecule has 2 fully saturated rings. The zero-order valence-corrected chi connectivity index (χ0v) is 47.0. The highest BCUT2D eigenvalue weighted by molar-refractivity contribution is 8.76. The number of benzene rings is 3. The minimum absolute atomic E-state index is 0.0786. The highest BCUT2D eigenvalue weighted by atomic mass is 33.1. The summed E-state index contributed by atoms with van der Waals surface area (Å²) in [5.74, 6) is 7.20. The van der Waals surface area contributed by atoms with Gasteiger partial charge in [-0.25, -0.2) is 9.78 Å². The molecule has 80 heavy (non-hydrogen) atoms. The fourth-order valence-electron chi connectivity index (χ4n) is 8.87. The third-order valence-electron chi connectivity index (χ3n) is 12.9. The average molecular weight is 1130 g/mol. The topological polar surface area (TPSA) is 210 Å². The molecule has 1 unspecified atom stereocenters. The molecule has 1 aromatic heterocycles. The van der Waals surface area contributed by atoms with Crippen molar-refractivity contribution in [3.8, 4) is 29.1 Å². The van der Waals surface area contributed by atoms with Crippen LogP contribution in [0.3, 0.4) is 0 Å². The second-order valence-corrected chi connectivity index (χ2v) is 21.9. The van der Waals surface area contributed by atoms with Gasteiger partial charge < -0.3 is 58.3 Å². The van der Waals surface area contributed by atoms with E-state index in [1.54, 1.807) is 62.0 Å². The number of pyridine rings is 1. The summed E-state index contributed by atoms with van der Waals surface area (Å²) in [6.07, 6.45) is 6.36. The molecule has 4 aliphatic heterocycles. The van der Waals surface area contributed by atoms with Crippen LogP contribution in [0.4, 0.5) is 16.2 Å². The Hall–Kier alpha value is -7.19. The number of amides is 4. The third kappa shape index (κ3) is 17.2. The highest BCUT2D eigenvalue weighted by Crippen LogP contribution is 2.40. The van der Waals surface area contributed by atoms with Gasteiger partial charge in [0, 0.05) is 67.6 Å². The second-order valence-electron chi connectivity index (χ2n) is 19.2. The first kappa shape index (κ1) is 58.9. The summed E-state index contributed by atoms with van der Waals surface area (Å²) < 4.78 is 46.0. The molecule has 2 saturated heterocycles. The molecule has 21 heteroatoms. The summed E-state index contributed by atoms with van der Waals surface area (Å²) in [5.41, 5.74) is 7.01. The molecular weight excluding hydrogens is 1060 g/mol. The van der Waals surface area contributed by atoms with Gasteiger partial charge in [-0.15, -0.1) is 0 Å². The Morgan fingerprint density at radius 3 is 1.98 bits per heavy atom. The molecule has 3 atom stereocenters. The van der Waals surface area contributed by atoms with Crippen LogP contribution in [0.25, 0.3) is 0 Å². The maximum absolute atomic E-state index is 13.6. The lowest BCUT2D eigenvalue weighted by molar-refractivity contribution is -0.122. The van der Waals surface area contributed by atoms with E-state index in [0.717, 1.165) is 32.9 Å². The van der Waals surface area contributed by atoms with Crippen LogP contribution in [0.2, 0.25) is 0 Å². The monoisotopic (exact) mass is 1130 g/mol. The van der Waals surface area contributed by atoms with Gasteiger partial charge in [0.2, 0.25) is 5.91 Å². The van der Waals surface area contributed by atoms with Crippen molar-refractivity contribution in [3.63, 3.8) is 0 Å². The van der Waals surface area contributed by atoms with E-state index < -0.39 is 6.09 Å². The first-order valence-corrected chi connectivity index (χ1v) is 28.6. The summed E-state index contributed by atoms with van der Waals surface area (Å²) in [6.45, 7) is 16.7. The van der Waals surface area contributed by atoms with Gasteiger partial charge in [0.05, 0.1) is 101 Å². The first-order valence-electron chi connectivity index (χ1n) is 26.4. The molecule has 2 N–H and O–H groups in total. The largest absolute Gasteiger partial charge is 0.493 e. The van der Waals surface area contributed by atoms with Gasteiger partial charge in [0.1, 0.15) is 30.6 Å². The standard InChI is InChI=1S/C59H67N7O12S2/c1-39-23-46-32-63-50-30-52(41(3)25-48(50)57(68)65(46)34-39)76-37-44-26-43(27-45(28-44)38-77-54-31-51-49(29-53(54)71-5)58(69)66-35-40(2)24-47(66)33-64-51)9-8-13-60-55(67)11-15-72-17-19-74-21-22-75-20-18-73-16-14-62-59(70)78-36-42(4)79-80-56-10-6-7-12-61-56/h6-7,10,12,25-33,42,46-47H,1-2,11,13-24,34-38H2,3-5H3,(H,60,67)(H,62,70)/t42?,46-,47-/m0/s1. The number of nitrogens with one attached hydrogen (secondary N) is 2. The van der Waals surface area contributed by atoms with Crippen molar-refractivity contribution in [2.75, 3.05) is 92.8 Å². The van der Waals surface area contributed by atoms with E-state index >= 15 is 0 Å². The number of aromatic nitrogens is 1. The number of aliphatic imine (C=N–C) groups is 2. The van der Waals surface area contributed by atoms with Gasteiger partial charge in [-0.05, 0) is 96.6 Å². The minimum Gasteiger partial charge on any atom is -0.493 e. The fourth-order valence-corrected chi connectivity index (χ4v) is 10.7. The quantitative estimate of drug-likeness (QED) is 0.0239. The smallest absolute Gasteiger partial charge is 0.407 e. The van der Waals surface area contributed by atoms with Crippen LogP contribution >= 0.6 is 21.6 Å². The van der Waals surface area contributed by atoms with Crippen molar-refractivity contribution in [3.05, 3.63) is 125 Å². The molecule has 0 spiro atoms. The summed E-state index contributed by atoms with van der Waals surface area (Å²) in [7, 11) is 4.66. The van der Waals surface area contributed by atoms with Crippen LogP contribution in [0.15, 0.2) is 106 Å². The van der Waals surface area contributed by atoms with E-state index in [1.165, 1.54) is 7.11 Å². The summed E-state index contributed by atoms with van der Waals surface area (Å²) in [6, 6.07) is 18.3. The predicted octanol–water partition coefficient (Wildman–Crippen LogP) is 8.01. The maximum Gasteiger partial charge on any atom is 0.407 e. The van der Waals surface area contributed by atoms with E-state index in [1.807, 2.05) is 62.5 Å². The molecule has 19 nitrogen and oxygen atoms in total. The fraction of sp³-hybridized carbons (Fsp3) is 0.407. The Labute approximate surface area is 474 Å². The molecule has 422 valence electrons. The van der Waals surface area contributed by atoms with Crippen LogP contribution in [-0.2, 0) is 41.7 Å². The van der Waals surface area contributed by atoms with Crippen molar-refractivity contribution < 1.29 is 57.1 Å². The van der Waals surface area contributed by atoms with Gasteiger partial charge in [-0.3, -0.25) is 24.4 Å². The summed E-state index contributed by atoms with van der Waals surface area (Å²) in [4.78, 5) is 69.0. The lowest BCUT2D eigenvalue weighted by Gasteiger charge is -2.20. The van der Waals surface area contributed by atoms with Gasteiger partial charge >= 0.3 is 6.09 Å².